The molecular formula is C11H23Cl2N3O. The van der Waals surface area contributed by atoms with Gasteiger partial charge >= 0.3 is 0 Å². The second kappa shape index (κ2) is 8.14. The first-order valence-corrected chi connectivity index (χ1v) is 6.06. The number of hydrogen-bond acceptors (Lipinski definition) is 3. The fourth-order valence-corrected chi connectivity index (χ4v) is 2.40. The maximum atomic E-state index is 12.0. The van der Waals surface area contributed by atoms with Crippen molar-refractivity contribution in [1.29, 1.82) is 0 Å². The molecule has 2 heterocycles. The minimum Gasteiger partial charge on any atom is -0.339 e. The number of halogens is 2. The Labute approximate surface area is 116 Å². The van der Waals surface area contributed by atoms with Crippen molar-refractivity contribution in [2.24, 2.45) is 0 Å². The number of hydrogen-bond donors (Lipinski definition) is 1. The number of rotatable bonds is 2. The molecule has 102 valence electrons. The van der Waals surface area contributed by atoms with Crippen LogP contribution >= 0.6 is 24.8 Å². The number of nitrogens with one attached hydrogen (secondary N) is 1. The Morgan fingerprint density at radius 1 is 1.24 bits per heavy atom. The Bertz CT molecular complexity index is 227. The van der Waals surface area contributed by atoms with Crippen LogP contribution in [0, 0.1) is 0 Å². The summed E-state index contributed by atoms with van der Waals surface area (Å²) in [6.45, 7) is 8.17. The third-order valence-electron chi connectivity index (χ3n) is 3.49. The van der Waals surface area contributed by atoms with Gasteiger partial charge in [0.05, 0.1) is 6.04 Å². The van der Waals surface area contributed by atoms with Gasteiger partial charge in [-0.2, -0.15) is 0 Å². The first kappa shape index (κ1) is 17.0. The summed E-state index contributed by atoms with van der Waals surface area (Å²) in [5, 5.41) is 3.27. The number of carbonyl (C=O) groups excluding carboxylic acids is 1. The molecule has 0 bridgehead atoms. The van der Waals surface area contributed by atoms with Gasteiger partial charge in [-0.1, -0.05) is 6.92 Å². The molecule has 1 amide bonds. The standard InChI is InChI=1S/C11H21N3O.2ClH/c1-2-13-6-8-14(9-7-13)11(15)10-4-3-5-12-10;;/h10,12H,2-9H2,1H3;2*1H/t10-;;/m0../s1. The van der Waals surface area contributed by atoms with Crippen molar-refractivity contribution >= 4 is 30.7 Å². The van der Waals surface area contributed by atoms with Gasteiger partial charge in [0.25, 0.3) is 0 Å². The molecule has 0 saturated carbocycles. The smallest absolute Gasteiger partial charge is 0.239 e. The summed E-state index contributed by atoms with van der Waals surface area (Å²) in [5.41, 5.74) is 0. The van der Waals surface area contributed by atoms with Crippen molar-refractivity contribution in [3.05, 3.63) is 0 Å². The minimum absolute atomic E-state index is 0. The van der Waals surface area contributed by atoms with Crippen LogP contribution < -0.4 is 5.32 Å². The largest absolute Gasteiger partial charge is 0.339 e. The van der Waals surface area contributed by atoms with E-state index in [1.165, 1.54) is 0 Å². The molecule has 2 saturated heterocycles. The van der Waals surface area contributed by atoms with Gasteiger partial charge in [-0.3, -0.25) is 4.79 Å². The highest BCUT2D eigenvalue weighted by Gasteiger charge is 2.28. The van der Waals surface area contributed by atoms with Crippen LogP contribution in [0.5, 0.6) is 0 Å². The number of piperazine rings is 1. The maximum absolute atomic E-state index is 12.0. The summed E-state index contributed by atoms with van der Waals surface area (Å²) in [5.74, 6) is 0.322. The highest BCUT2D eigenvalue weighted by atomic mass is 35.5. The Morgan fingerprint density at radius 3 is 2.35 bits per heavy atom. The van der Waals surface area contributed by atoms with Gasteiger partial charge in [0.15, 0.2) is 0 Å². The predicted octanol–water partition coefficient (Wildman–Crippen LogP) is 0.746. The van der Waals surface area contributed by atoms with E-state index in [1.54, 1.807) is 0 Å². The Balaban J connectivity index is 0.00000128. The molecule has 0 aromatic heterocycles. The lowest BCUT2D eigenvalue weighted by molar-refractivity contribution is -0.134. The highest BCUT2D eigenvalue weighted by Crippen LogP contribution is 2.10. The second-order valence-corrected chi connectivity index (χ2v) is 4.41. The van der Waals surface area contributed by atoms with Gasteiger partial charge in [0, 0.05) is 26.2 Å². The number of carbonyl (C=O) groups is 1. The fourth-order valence-electron chi connectivity index (χ4n) is 2.40. The van der Waals surface area contributed by atoms with Crippen LogP contribution in [0.25, 0.3) is 0 Å². The molecule has 0 aromatic carbocycles. The normalized spacial score (nSPS) is 25.0. The zero-order chi connectivity index (χ0) is 10.7. The van der Waals surface area contributed by atoms with Gasteiger partial charge in [0.2, 0.25) is 5.91 Å². The highest BCUT2D eigenvalue weighted by molar-refractivity contribution is 5.85. The Kier molecular flexibility index (Phi) is 8.12. The van der Waals surface area contributed by atoms with E-state index < -0.39 is 0 Å². The average molecular weight is 284 g/mol. The third kappa shape index (κ3) is 4.28. The molecule has 2 fully saturated rings. The molecule has 4 nitrogen and oxygen atoms in total. The maximum Gasteiger partial charge on any atom is 0.239 e. The van der Waals surface area contributed by atoms with Crippen LogP contribution in [0.4, 0.5) is 0 Å². The molecule has 1 N–H and O–H groups in total. The zero-order valence-corrected chi connectivity index (χ0v) is 12.0. The van der Waals surface area contributed by atoms with E-state index >= 15 is 0 Å². The predicted molar refractivity (Wildman–Crippen MR) is 74.2 cm³/mol. The summed E-state index contributed by atoms with van der Waals surface area (Å²) in [4.78, 5) is 16.5. The molecule has 0 spiro atoms. The van der Waals surface area contributed by atoms with E-state index in [1.807, 2.05) is 4.90 Å². The van der Waals surface area contributed by atoms with Crippen LogP contribution in [0.2, 0.25) is 0 Å². The lowest BCUT2D eigenvalue weighted by Gasteiger charge is -2.35. The zero-order valence-electron chi connectivity index (χ0n) is 10.4. The van der Waals surface area contributed by atoms with Gasteiger partial charge in [-0.15, -0.1) is 24.8 Å². The molecule has 2 aliphatic rings. The lowest BCUT2D eigenvalue weighted by Crippen LogP contribution is -2.52. The Hall–Kier alpha value is -0.0300. The van der Waals surface area contributed by atoms with Crippen molar-refractivity contribution in [3.8, 4) is 0 Å². The van der Waals surface area contributed by atoms with Gasteiger partial charge in [-0.05, 0) is 25.9 Å². The summed E-state index contributed by atoms with van der Waals surface area (Å²) in [6.07, 6.45) is 2.16. The average Bonchev–Trinajstić information content (AvgIpc) is 2.82. The van der Waals surface area contributed by atoms with Crippen molar-refractivity contribution < 1.29 is 4.79 Å². The quantitative estimate of drug-likeness (QED) is 0.812. The molecule has 17 heavy (non-hydrogen) atoms. The molecular weight excluding hydrogens is 261 g/mol. The van der Waals surface area contributed by atoms with Crippen LogP contribution in [0.15, 0.2) is 0 Å². The van der Waals surface area contributed by atoms with Crippen LogP contribution in [0.3, 0.4) is 0 Å². The first-order valence-electron chi connectivity index (χ1n) is 6.06. The van der Waals surface area contributed by atoms with E-state index in [9.17, 15) is 4.79 Å². The SMILES string of the molecule is CCN1CCN(C(=O)[C@@H]2CCCN2)CC1.Cl.Cl. The summed E-state index contributed by atoms with van der Waals surface area (Å²) >= 11 is 0. The van der Waals surface area contributed by atoms with E-state index in [2.05, 4.69) is 17.1 Å². The molecule has 2 aliphatic heterocycles. The van der Waals surface area contributed by atoms with Gasteiger partial charge in [-0.25, -0.2) is 0 Å². The molecule has 6 heteroatoms. The van der Waals surface area contributed by atoms with Crippen molar-refractivity contribution in [2.75, 3.05) is 39.3 Å². The van der Waals surface area contributed by atoms with Crippen LogP contribution in [-0.2, 0) is 4.79 Å². The van der Waals surface area contributed by atoms with E-state index in [4.69, 9.17) is 0 Å². The fraction of sp³-hybridized carbons (Fsp3) is 0.909. The van der Waals surface area contributed by atoms with Crippen molar-refractivity contribution in [3.63, 3.8) is 0 Å². The molecule has 0 aliphatic carbocycles. The van der Waals surface area contributed by atoms with E-state index in [0.29, 0.717) is 5.91 Å². The molecule has 0 radical (unpaired) electrons. The summed E-state index contributed by atoms with van der Waals surface area (Å²) < 4.78 is 0. The summed E-state index contributed by atoms with van der Waals surface area (Å²) in [7, 11) is 0. The molecule has 2 rings (SSSR count). The van der Waals surface area contributed by atoms with Crippen LogP contribution in [-0.4, -0.2) is 61.0 Å². The number of amides is 1. The monoisotopic (exact) mass is 283 g/mol. The van der Waals surface area contributed by atoms with Crippen molar-refractivity contribution in [1.82, 2.24) is 15.1 Å². The van der Waals surface area contributed by atoms with E-state index in [0.717, 1.165) is 52.1 Å². The van der Waals surface area contributed by atoms with Gasteiger partial charge < -0.3 is 15.1 Å². The first-order chi connectivity index (χ1) is 7.31. The molecule has 1 atom stereocenters. The molecule has 0 aromatic rings. The topological polar surface area (TPSA) is 35.6 Å². The van der Waals surface area contributed by atoms with Crippen LogP contribution in [0.1, 0.15) is 19.8 Å². The number of likely N-dealkylation sites (N-methyl/N-ethyl adjacent to an activating group) is 1. The van der Waals surface area contributed by atoms with Crippen molar-refractivity contribution in [2.45, 2.75) is 25.8 Å². The second-order valence-electron chi connectivity index (χ2n) is 4.41. The van der Waals surface area contributed by atoms with E-state index in [-0.39, 0.29) is 30.9 Å². The molecule has 0 unspecified atom stereocenters. The number of nitrogens with zero attached hydrogens (tertiary/aromatic N) is 2. The minimum atomic E-state index is 0. The summed E-state index contributed by atoms with van der Waals surface area (Å²) in [6, 6.07) is 0.109. The Morgan fingerprint density at radius 2 is 1.88 bits per heavy atom. The van der Waals surface area contributed by atoms with Gasteiger partial charge in [0.1, 0.15) is 0 Å². The third-order valence-corrected chi connectivity index (χ3v) is 3.49. The lowest BCUT2D eigenvalue weighted by atomic mass is 10.2.